The molecule has 2 atom stereocenters. The number of carbonyl (C=O) groups excluding carboxylic acids is 1. The number of carbonyl (C=O) groups is 1. The predicted octanol–water partition coefficient (Wildman–Crippen LogP) is 2.62. The van der Waals surface area contributed by atoms with Crippen molar-refractivity contribution in [3.8, 4) is 0 Å². The molecule has 0 bridgehead atoms. The number of rotatable bonds is 5. The monoisotopic (exact) mass is 318 g/mol. The summed E-state index contributed by atoms with van der Waals surface area (Å²) in [5.41, 5.74) is -1.06. The molecule has 1 aromatic heterocycles. The van der Waals surface area contributed by atoms with E-state index in [4.69, 9.17) is 9.47 Å². The minimum absolute atomic E-state index is 0.0260. The van der Waals surface area contributed by atoms with Crippen LogP contribution in [0.15, 0.2) is 18.2 Å². The summed E-state index contributed by atoms with van der Waals surface area (Å²) in [4.78, 5) is 15.2. The van der Waals surface area contributed by atoms with E-state index in [9.17, 15) is 18.0 Å². The third-order valence-corrected chi connectivity index (χ3v) is 3.22. The zero-order valence-electron chi connectivity index (χ0n) is 12.0. The summed E-state index contributed by atoms with van der Waals surface area (Å²) in [6.07, 6.45) is -3.54. The number of hydrogen-bond acceptors (Lipinski definition) is 4. The van der Waals surface area contributed by atoms with E-state index in [1.54, 1.807) is 0 Å². The molecule has 2 rings (SSSR count). The smallest absolute Gasteiger partial charge is 0.376 e. The molecule has 8 heteroatoms. The molecule has 122 valence electrons. The maximum atomic E-state index is 12.5. The van der Waals surface area contributed by atoms with Gasteiger partial charge in [-0.25, -0.2) is 4.98 Å². The van der Waals surface area contributed by atoms with E-state index in [0.29, 0.717) is 6.61 Å². The summed E-state index contributed by atoms with van der Waals surface area (Å²) in [6.45, 7) is 2.49. The van der Waals surface area contributed by atoms with Crippen LogP contribution in [0, 0.1) is 0 Å². The first-order valence-electron chi connectivity index (χ1n) is 6.94. The number of halogens is 3. The van der Waals surface area contributed by atoms with Crippen molar-refractivity contribution in [3.63, 3.8) is 0 Å². The topological polar surface area (TPSA) is 60.5 Å². The van der Waals surface area contributed by atoms with Crippen LogP contribution in [0.25, 0.3) is 0 Å². The van der Waals surface area contributed by atoms with Crippen LogP contribution in [0.2, 0.25) is 0 Å². The van der Waals surface area contributed by atoms with Gasteiger partial charge in [-0.2, -0.15) is 13.2 Å². The molecule has 22 heavy (non-hydrogen) atoms. The standard InChI is InChI=1S/C14H17F3N2O3/c1-9(22-8-10-4-3-7-21-10)13(20)19-12-6-2-5-11(18-12)14(15,16)17/h2,5-6,9-10H,3-4,7-8H2,1H3,(H,18,19,20). The molecule has 0 aliphatic carbocycles. The van der Waals surface area contributed by atoms with Crippen molar-refractivity contribution in [2.45, 2.75) is 38.1 Å². The fraction of sp³-hybridized carbons (Fsp3) is 0.571. The van der Waals surface area contributed by atoms with Gasteiger partial charge in [0.15, 0.2) is 0 Å². The average Bonchev–Trinajstić information content (AvgIpc) is 2.97. The van der Waals surface area contributed by atoms with Gasteiger partial charge in [0.25, 0.3) is 5.91 Å². The fourth-order valence-electron chi connectivity index (χ4n) is 1.99. The fourth-order valence-corrected chi connectivity index (χ4v) is 1.99. The van der Waals surface area contributed by atoms with Crippen molar-refractivity contribution in [1.29, 1.82) is 0 Å². The zero-order valence-corrected chi connectivity index (χ0v) is 12.0. The van der Waals surface area contributed by atoms with Crippen LogP contribution in [0.1, 0.15) is 25.5 Å². The lowest BCUT2D eigenvalue weighted by Crippen LogP contribution is -2.31. The Kier molecular flexibility index (Phi) is 5.36. The van der Waals surface area contributed by atoms with Gasteiger partial charge in [-0.1, -0.05) is 6.07 Å². The van der Waals surface area contributed by atoms with Gasteiger partial charge in [0.05, 0.1) is 12.7 Å². The van der Waals surface area contributed by atoms with Gasteiger partial charge < -0.3 is 14.8 Å². The quantitative estimate of drug-likeness (QED) is 0.906. The highest BCUT2D eigenvalue weighted by Crippen LogP contribution is 2.28. The van der Waals surface area contributed by atoms with Crippen LogP contribution in [-0.2, 0) is 20.4 Å². The Hall–Kier alpha value is -1.67. The van der Waals surface area contributed by atoms with E-state index in [1.807, 2.05) is 0 Å². The number of nitrogens with one attached hydrogen (secondary N) is 1. The normalized spacial score (nSPS) is 19.9. The van der Waals surface area contributed by atoms with Gasteiger partial charge in [0, 0.05) is 6.61 Å². The van der Waals surface area contributed by atoms with E-state index in [0.717, 1.165) is 18.9 Å². The largest absolute Gasteiger partial charge is 0.433 e. The van der Waals surface area contributed by atoms with Gasteiger partial charge in [0.1, 0.15) is 17.6 Å². The zero-order chi connectivity index (χ0) is 16.2. The molecule has 1 aliphatic rings. The van der Waals surface area contributed by atoms with Crippen LogP contribution < -0.4 is 5.32 Å². The van der Waals surface area contributed by atoms with Gasteiger partial charge in [-0.15, -0.1) is 0 Å². The molecule has 2 heterocycles. The SMILES string of the molecule is CC(OCC1CCCO1)C(=O)Nc1cccc(C(F)(F)F)n1. The Morgan fingerprint density at radius 3 is 2.95 bits per heavy atom. The number of anilines is 1. The van der Waals surface area contributed by atoms with Crippen molar-refractivity contribution < 1.29 is 27.4 Å². The van der Waals surface area contributed by atoms with E-state index in [1.165, 1.54) is 19.1 Å². The third kappa shape index (κ3) is 4.67. The molecule has 1 amide bonds. The van der Waals surface area contributed by atoms with Crippen molar-refractivity contribution in [2.24, 2.45) is 0 Å². The van der Waals surface area contributed by atoms with Gasteiger partial charge in [-0.05, 0) is 31.9 Å². The van der Waals surface area contributed by atoms with Crippen LogP contribution >= 0.6 is 0 Å². The molecule has 0 saturated carbocycles. The lowest BCUT2D eigenvalue weighted by molar-refractivity contribution is -0.141. The molecule has 5 nitrogen and oxygen atoms in total. The molecule has 1 saturated heterocycles. The van der Waals surface area contributed by atoms with Crippen LogP contribution in [0.4, 0.5) is 19.0 Å². The Bertz CT molecular complexity index is 516. The number of aromatic nitrogens is 1. The highest BCUT2D eigenvalue weighted by Gasteiger charge is 2.32. The summed E-state index contributed by atoms with van der Waals surface area (Å²) >= 11 is 0. The number of amides is 1. The molecular weight excluding hydrogens is 301 g/mol. The summed E-state index contributed by atoms with van der Waals surface area (Å²) in [6, 6.07) is 3.32. The van der Waals surface area contributed by atoms with E-state index >= 15 is 0 Å². The summed E-state index contributed by atoms with van der Waals surface area (Å²) in [5.74, 6) is -0.711. The summed E-state index contributed by atoms with van der Waals surface area (Å²) in [7, 11) is 0. The molecule has 1 aromatic rings. The number of hydrogen-bond donors (Lipinski definition) is 1. The second-order valence-electron chi connectivity index (χ2n) is 5.01. The van der Waals surface area contributed by atoms with E-state index in [-0.39, 0.29) is 18.5 Å². The summed E-state index contributed by atoms with van der Waals surface area (Å²) in [5, 5.41) is 2.31. The Balaban J connectivity index is 1.87. The lowest BCUT2D eigenvalue weighted by Gasteiger charge is -2.16. The van der Waals surface area contributed by atoms with Crippen LogP contribution in [-0.4, -0.2) is 36.3 Å². The predicted molar refractivity (Wildman–Crippen MR) is 72.3 cm³/mol. The Morgan fingerprint density at radius 2 is 2.32 bits per heavy atom. The molecule has 1 N–H and O–H groups in total. The second-order valence-corrected chi connectivity index (χ2v) is 5.01. The third-order valence-electron chi connectivity index (χ3n) is 3.22. The Labute approximate surface area is 125 Å². The van der Waals surface area contributed by atoms with Crippen LogP contribution in [0.5, 0.6) is 0 Å². The van der Waals surface area contributed by atoms with Gasteiger partial charge >= 0.3 is 6.18 Å². The number of nitrogens with zero attached hydrogens (tertiary/aromatic N) is 1. The lowest BCUT2D eigenvalue weighted by atomic mass is 10.2. The maximum absolute atomic E-state index is 12.5. The van der Waals surface area contributed by atoms with Crippen LogP contribution in [0.3, 0.4) is 0 Å². The second kappa shape index (κ2) is 7.06. The first kappa shape index (κ1) is 16.7. The minimum atomic E-state index is -4.55. The van der Waals surface area contributed by atoms with Crippen molar-refractivity contribution in [2.75, 3.05) is 18.5 Å². The first-order chi connectivity index (χ1) is 10.4. The molecule has 0 radical (unpaired) electrons. The summed E-state index contributed by atoms with van der Waals surface area (Å²) < 4.78 is 48.4. The molecule has 1 aliphatic heterocycles. The number of ether oxygens (including phenoxy) is 2. The molecule has 0 aromatic carbocycles. The molecule has 1 fully saturated rings. The Morgan fingerprint density at radius 1 is 1.55 bits per heavy atom. The average molecular weight is 318 g/mol. The molecular formula is C14H17F3N2O3. The van der Waals surface area contributed by atoms with Crippen molar-refractivity contribution in [3.05, 3.63) is 23.9 Å². The first-order valence-corrected chi connectivity index (χ1v) is 6.94. The minimum Gasteiger partial charge on any atom is -0.376 e. The highest BCUT2D eigenvalue weighted by molar-refractivity contribution is 5.93. The van der Waals surface area contributed by atoms with Crippen molar-refractivity contribution >= 4 is 11.7 Å². The highest BCUT2D eigenvalue weighted by atomic mass is 19.4. The molecule has 0 spiro atoms. The van der Waals surface area contributed by atoms with Crippen molar-refractivity contribution in [1.82, 2.24) is 4.98 Å². The van der Waals surface area contributed by atoms with E-state index in [2.05, 4.69) is 10.3 Å². The van der Waals surface area contributed by atoms with Gasteiger partial charge in [0.2, 0.25) is 0 Å². The maximum Gasteiger partial charge on any atom is 0.433 e. The van der Waals surface area contributed by atoms with E-state index < -0.39 is 23.9 Å². The van der Waals surface area contributed by atoms with Gasteiger partial charge in [-0.3, -0.25) is 4.79 Å². The number of alkyl halides is 3. The molecule has 2 unspecified atom stereocenters. The number of pyridine rings is 1.